The number of carbonyl (C=O) groups is 2. The van der Waals surface area contributed by atoms with Crippen LogP contribution in [-0.4, -0.2) is 50.2 Å². The Bertz CT molecular complexity index is 917. The van der Waals surface area contributed by atoms with Gasteiger partial charge in [0.25, 0.3) is 5.91 Å². The number of rotatable bonds is 6. The number of methoxy groups -OCH3 is 2. The Labute approximate surface area is 180 Å². The number of benzene rings is 2. The molecule has 2 aromatic carbocycles. The minimum Gasteiger partial charge on any atom is -0.497 e. The molecule has 0 spiro atoms. The smallest absolute Gasteiger partial charge is 0.254 e. The summed E-state index contributed by atoms with van der Waals surface area (Å²) in [6.45, 7) is 0.989. The van der Waals surface area contributed by atoms with Gasteiger partial charge in [0.05, 0.1) is 20.4 Å². The van der Waals surface area contributed by atoms with Crippen LogP contribution >= 0.6 is 11.6 Å². The Balaban J connectivity index is 1.54. The number of nitrogens with zero attached hydrogens (tertiary/aromatic N) is 2. The van der Waals surface area contributed by atoms with Gasteiger partial charge < -0.3 is 14.4 Å². The van der Waals surface area contributed by atoms with Gasteiger partial charge in [-0.1, -0.05) is 23.7 Å². The summed E-state index contributed by atoms with van der Waals surface area (Å²) >= 11 is 5.93. The zero-order valence-electron chi connectivity index (χ0n) is 16.9. The number of piperidine rings is 1. The number of halogens is 1. The molecule has 1 N–H and O–H groups in total. The number of carbonyl (C=O) groups excluding carboxylic acids is 2. The number of hydrazone groups is 1. The molecule has 8 heteroatoms. The molecule has 0 saturated carbocycles. The number of ether oxygens (including phenoxy) is 2. The summed E-state index contributed by atoms with van der Waals surface area (Å²) in [5.41, 5.74) is 3.88. The Hall–Kier alpha value is -3.06. The average Bonchev–Trinajstić information content (AvgIpc) is 2.78. The standard InChI is InChI=1S/C22H24ClN3O4/c1-29-19-11-17(12-20(13-19)30-2)22(28)26-8-6-16(7-9-26)21(27)25-24-14-15-4-3-5-18(23)10-15/h3-5,10-14,16H,6-9H2,1-2H3,(H,25,27)/b24-14-. The van der Waals surface area contributed by atoms with Gasteiger partial charge in [-0.25, -0.2) is 5.43 Å². The molecule has 1 aliphatic heterocycles. The van der Waals surface area contributed by atoms with Crippen molar-refractivity contribution >= 4 is 29.6 Å². The first-order valence-corrected chi connectivity index (χ1v) is 9.99. The Kier molecular flexibility index (Phi) is 7.30. The lowest BCUT2D eigenvalue weighted by atomic mass is 9.95. The normalized spacial score (nSPS) is 14.6. The summed E-state index contributed by atoms with van der Waals surface area (Å²) in [6, 6.07) is 12.3. The Morgan fingerprint density at radius 1 is 1.10 bits per heavy atom. The fraction of sp³-hybridized carbons (Fsp3) is 0.318. The molecule has 1 saturated heterocycles. The molecule has 30 heavy (non-hydrogen) atoms. The van der Waals surface area contributed by atoms with Crippen molar-refractivity contribution in [2.24, 2.45) is 11.0 Å². The van der Waals surface area contributed by atoms with E-state index in [1.54, 1.807) is 55.7 Å². The summed E-state index contributed by atoms with van der Waals surface area (Å²) in [6.07, 6.45) is 2.70. The minimum absolute atomic E-state index is 0.106. The molecule has 2 aromatic rings. The van der Waals surface area contributed by atoms with Crippen molar-refractivity contribution in [2.45, 2.75) is 12.8 Å². The van der Waals surface area contributed by atoms with E-state index in [0.717, 1.165) is 5.56 Å². The average molecular weight is 430 g/mol. The molecule has 7 nitrogen and oxygen atoms in total. The molecule has 158 valence electrons. The van der Waals surface area contributed by atoms with Crippen molar-refractivity contribution in [1.82, 2.24) is 10.3 Å². The van der Waals surface area contributed by atoms with Crippen molar-refractivity contribution in [3.63, 3.8) is 0 Å². The predicted molar refractivity (Wildman–Crippen MR) is 115 cm³/mol. The third kappa shape index (κ3) is 5.51. The highest BCUT2D eigenvalue weighted by molar-refractivity contribution is 6.30. The predicted octanol–water partition coefficient (Wildman–Crippen LogP) is 3.36. The van der Waals surface area contributed by atoms with E-state index in [0.29, 0.717) is 48.0 Å². The van der Waals surface area contributed by atoms with E-state index in [9.17, 15) is 9.59 Å². The van der Waals surface area contributed by atoms with E-state index < -0.39 is 0 Å². The van der Waals surface area contributed by atoms with Crippen LogP contribution in [-0.2, 0) is 4.79 Å². The summed E-state index contributed by atoms with van der Waals surface area (Å²) in [7, 11) is 3.09. The third-order valence-electron chi connectivity index (χ3n) is 4.99. The molecule has 0 bridgehead atoms. The summed E-state index contributed by atoms with van der Waals surface area (Å²) in [4.78, 5) is 27.0. The van der Waals surface area contributed by atoms with Crippen LogP contribution in [0.5, 0.6) is 11.5 Å². The van der Waals surface area contributed by atoms with Gasteiger partial charge in [0.15, 0.2) is 0 Å². The maximum absolute atomic E-state index is 12.8. The SMILES string of the molecule is COc1cc(OC)cc(C(=O)N2CCC(C(=O)N/N=C\c3cccc(Cl)c3)CC2)c1. The van der Waals surface area contributed by atoms with Crippen LogP contribution in [0.2, 0.25) is 5.02 Å². The van der Waals surface area contributed by atoms with Crippen molar-refractivity contribution in [3.8, 4) is 11.5 Å². The topological polar surface area (TPSA) is 80.2 Å². The first-order chi connectivity index (χ1) is 14.5. The van der Waals surface area contributed by atoms with Gasteiger partial charge in [0.2, 0.25) is 5.91 Å². The zero-order valence-corrected chi connectivity index (χ0v) is 17.7. The second kappa shape index (κ2) is 10.1. The number of likely N-dealkylation sites (tertiary alicyclic amines) is 1. The zero-order chi connectivity index (χ0) is 21.5. The van der Waals surface area contributed by atoms with E-state index in [1.165, 1.54) is 0 Å². The largest absolute Gasteiger partial charge is 0.497 e. The first kappa shape index (κ1) is 21.6. The molecule has 0 atom stereocenters. The van der Waals surface area contributed by atoms with Crippen molar-refractivity contribution in [2.75, 3.05) is 27.3 Å². The quantitative estimate of drug-likeness (QED) is 0.564. The maximum atomic E-state index is 12.8. The highest BCUT2D eigenvalue weighted by atomic mass is 35.5. The molecule has 1 aliphatic rings. The van der Waals surface area contributed by atoms with Crippen LogP contribution in [0.25, 0.3) is 0 Å². The first-order valence-electron chi connectivity index (χ1n) is 9.61. The Morgan fingerprint density at radius 2 is 1.77 bits per heavy atom. The lowest BCUT2D eigenvalue weighted by Crippen LogP contribution is -2.42. The molecule has 1 fully saturated rings. The molecule has 1 heterocycles. The fourth-order valence-corrected chi connectivity index (χ4v) is 3.51. The molecular weight excluding hydrogens is 406 g/mol. The van der Waals surface area contributed by atoms with Gasteiger partial charge in [-0.15, -0.1) is 0 Å². The maximum Gasteiger partial charge on any atom is 0.254 e. The lowest BCUT2D eigenvalue weighted by molar-refractivity contribution is -0.126. The summed E-state index contributed by atoms with van der Waals surface area (Å²) < 4.78 is 10.5. The molecular formula is C22H24ClN3O4. The lowest BCUT2D eigenvalue weighted by Gasteiger charge is -2.31. The number of hydrogen-bond acceptors (Lipinski definition) is 5. The summed E-state index contributed by atoms with van der Waals surface area (Å²) in [5, 5.41) is 4.61. The van der Waals surface area contributed by atoms with Gasteiger partial charge in [0, 0.05) is 35.7 Å². The Morgan fingerprint density at radius 3 is 2.37 bits per heavy atom. The van der Waals surface area contributed by atoms with E-state index in [1.807, 2.05) is 12.1 Å². The van der Waals surface area contributed by atoms with Crippen molar-refractivity contribution < 1.29 is 19.1 Å². The van der Waals surface area contributed by atoms with Crippen molar-refractivity contribution in [1.29, 1.82) is 0 Å². The van der Waals surface area contributed by atoms with Gasteiger partial charge in [0.1, 0.15) is 11.5 Å². The molecule has 0 aromatic heterocycles. The van der Waals surface area contributed by atoms with E-state index in [-0.39, 0.29) is 17.7 Å². The van der Waals surface area contributed by atoms with Crippen LogP contribution in [0, 0.1) is 5.92 Å². The molecule has 0 radical (unpaired) electrons. The number of amides is 2. The third-order valence-corrected chi connectivity index (χ3v) is 5.22. The molecule has 0 unspecified atom stereocenters. The van der Waals surface area contributed by atoms with Gasteiger partial charge in [-0.05, 0) is 42.7 Å². The molecule has 2 amide bonds. The van der Waals surface area contributed by atoms with Crippen LogP contribution in [0.1, 0.15) is 28.8 Å². The number of nitrogens with one attached hydrogen (secondary N) is 1. The van der Waals surface area contributed by atoms with Gasteiger partial charge in [-0.2, -0.15) is 5.10 Å². The molecule has 0 aliphatic carbocycles. The van der Waals surface area contributed by atoms with Crippen LogP contribution < -0.4 is 14.9 Å². The van der Waals surface area contributed by atoms with Crippen LogP contribution in [0.3, 0.4) is 0 Å². The van der Waals surface area contributed by atoms with Crippen molar-refractivity contribution in [3.05, 3.63) is 58.6 Å². The highest BCUT2D eigenvalue weighted by Gasteiger charge is 2.28. The molecule has 3 rings (SSSR count). The van der Waals surface area contributed by atoms with E-state index in [4.69, 9.17) is 21.1 Å². The second-order valence-corrected chi connectivity index (χ2v) is 7.39. The van der Waals surface area contributed by atoms with E-state index in [2.05, 4.69) is 10.5 Å². The minimum atomic E-state index is -0.189. The van der Waals surface area contributed by atoms with Crippen LogP contribution in [0.4, 0.5) is 0 Å². The van der Waals surface area contributed by atoms with Gasteiger partial charge >= 0.3 is 0 Å². The van der Waals surface area contributed by atoms with Crippen LogP contribution in [0.15, 0.2) is 47.6 Å². The van der Waals surface area contributed by atoms with E-state index >= 15 is 0 Å². The van der Waals surface area contributed by atoms with Gasteiger partial charge in [-0.3, -0.25) is 9.59 Å². The number of hydrogen-bond donors (Lipinski definition) is 1. The fourth-order valence-electron chi connectivity index (χ4n) is 3.31. The highest BCUT2D eigenvalue weighted by Crippen LogP contribution is 2.25. The monoisotopic (exact) mass is 429 g/mol. The second-order valence-electron chi connectivity index (χ2n) is 6.96. The summed E-state index contributed by atoms with van der Waals surface area (Å²) in [5.74, 6) is 0.674.